The maximum absolute atomic E-state index is 13.7. The van der Waals surface area contributed by atoms with Gasteiger partial charge in [0.15, 0.2) is 0 Å². The summed E-state index contributed by atoms with van der Waals surface area (Å²) in [4.78, 5) is 2.32. The Balaban J connectivity index is 2.58. The molecule has 0 spiro atoms. The standard InChI is InChI=1S/C14H23ClFN3/c1-3-19(4-2)8-7-13(18-17)10-11-9-12(15)5-6-14(11)16/h5-6,9,13,18H,3-4,7-8,10,17H2,1-2H3. The second kappa shape index (κ2) is 8.48. The molecule has 0 aliphatic carbocycles. The van der Waals surface area contributed by atoms with Crippen LogP contribution in [0.25, 0.3) is 0 Å². The zero-order chi connectivity index (χ0) is 14.3. The number of nitrogens with two attached hydrogens (primary N) is 1. The van der Waals surface area contributed by atoms with Crippen molar-refractivity contribution in [3.05, 3.63) is 34.6 Å². The van der Waals surface area contributed by atoms with Gasteiger partial charge in [0.2, 0.25) is 0 Å². The first kappa shape index (κ1) is 16.4. The van der Waals surface area contributed by atoms with Gasteiger partial charge >= 0.3 is 0 Å². The molecule has 1 aromatic carbocycles. The molecule has 0 aliphatic rings. The Morgan fingerprint density at radius 3 is 2.63 bits per heavy atom. The van der Waals surface area contributed by atoms with Crippen LogP contribution >= 0.6 is 11.6 Å². The number of rotatable bonds is 8. The van der Waals surface area contributed by atoms with Gasteiger partial charge in [0.05, 0.1) is 0 Å². The van der Waals surface area contributed by atoms with Crippen molar-refractivity contribution in [2.24, 2.45) is 5.84 Å². The molecule has 1 unspecified atom stereocenters. The maximum atomic E-state index is 13.7. The molecule has 0 saturated heterocycles. The topological polar surface area (TPSA) is 41.3 Å². The van der Waals surface area contributed by atoms with E-state index < -0.39 is 0 Å². The zero-order valence-electron chi connectivity index (χ0n) is 11.6. The second-order valence-corrected chi connectivity index (χ2v) is 5.06. The molecular weight excluding hydrogens is 265 g/mol. The van der Waals surface area contributed by atoms with Gasteiger partial charge in [-0.3, -0.25) is 11.3 Å². The lowest BCUT2D eigenvalue weighted by Gasteiger charge is -2.22. The first-order valence-corrected chi connectivity index (χ1v) is 7.10. The van der Waals surface area contributed by atoms with Crippen molar-refractivity contribution >= 4 is 11.6 Å². The van der Waals surface area contributed by atoms with E-state index in [2.05, 4.69) is 24.2 Å². The summed E-state index contributed by atoms with van der Waals surface area (Å²) in [6.07, 6.45) is 1.42. The minimum Gasteiger partial charge on any atom is -0.304 e. The van der Waals surface area contributed by atoms with E-state index in [4.69, 9.17) is 17.4 Å². The van der Waals surface area contributed by atoms with Crippen LogP contribution in [0.1, 0.15) is 25.8 Å². The van der Waals surface area contributed by atoms with Gasteiger partial charge < -0.3 is 4.90 Å². The number of nitrogens with one attached hydrogen (secondary N) is 1. The molecule has 19 heavy (non-hydrogen) atoms. The third kappa shape index (κ3) is 5.45. The average molecular weight is 288 g/mol. The smallest absolute Gasteiger partial charge is 0.126 e. The van der Waals surface area contributed by atoms with Gasteiger partial charge in [-0.05, 0) is 56.2 Å². The molecule has 1 rings (SSSR count). The highest BCUT2D eigenvalue weighted by Crippen LogP contribution is 2.17. The van der Waals surface area contributed by atoms with Crippen LogP contribution < -0.4 is 11.3 Å². The molecule has 108 valence electrons. The van der Waals surface area contributed by atoms with Crippen LogP contribution in [0.5, 0.6) is 0 Å². The fraction of sp³-hybridized carbons (Fsp3) is 0.571. The molecule has 0 heterocycles. The molecule has 1 aromatic rings. The lowest BCUT2D eigenvalue weighted by atomic mass is 10.0. The fourth-order valence-electron chi connectivity index (χ4n) is 2.09. The molecule has 3 N–H and O–H groups in total. The average Bonchev–Trinajstić information content (AvgIpc) is 2.42. The highest BCUT2D eigenvalue weighted by Gasteiger charge is 2.12. The molecule has 0 saturated carbocycles. The highest BCUT2D eigenvalue weighted by atomic mass is 35.5. The van der Waals surface area contributed by atoms with Crippen LogP contribution in [0, 0.1) is 5.82 Å². The predicted molar refractivity (Wildman–Crippen MR) is 78.6 cm³/mol. The molecule has 3 nitrogen and oxygen atoms in total. The van der Waals surface area contributed by atoms with Gasteiger partial charge in [-0.15, -0.1) is 0 Å². The summed E-state index contributed by atoms with van der Waals surface area (Å²) < 4.78 is 13.7. The summed E-state index contributed by atoms with van der Waals surface area (Å²) in [5, 5.41) is 0.552. The van der Waals surface area contributed by atoms with E-state index in [9.17, 15) is 4.39 Å². The van der Waals surface area contributed by atoms with Gasteiger partial charge in [0, 0.05) is 11.1 Å². The number of hydrazine groups is 1. The van der Waals surface area contributed by atoms with E-state index in [1.807, 2.05) is 0 Å². The molecule has 5 heteroatoms. The van der Waals surface area contributed by atoms with Crippen molar-refractivity contribution in [2.45, 2.75) is 32.7 Å². The molecule has 0 aliphatic heterocycles. The van der Waals surface area contributed by atoms with Crippen molar-refractivity contribution in [3.8, 4) is 0 Å². The van der Waals surface area contributed by atoms with E-state index in [0.717, 1.165) is 26.1 Å². The molecule has 1 atom stereocenters. The predicted octanol–water partition coefficient (Wildman–Crippen LogP) is 2.59. The molecule has 0 fully saturated rings. The van der Waals surface area contributed by atoms with Gasteiger partial charge in [0.25, 0.3) is 0 Å². The van der Waals surface area contributed by atoms with Crippen LogP contribution in [-0.2, 0) is 6.42 Å². The number of nitrogens with zero attached hydrogens (tertiary/aromatic N) is 1. The Kier molecular flexibility index (Phi) is 7.31. The van der Waals surface area contributed by atoms with E-state index in [-0.39, 0.29) is 11.9 Å². The van der Waals surface area contributed by atoms with Gasteiger partial charge in [-0.1, -0.05) is 25.4 Å². The quantitative estimate of drug-likeness (QED) is 0.570. The van der Waals surface area contributed by atoms with Crippen LogP contribution in [0.4, 0.5) is 4.39 Å². The van der Waals surface area contributed by atoms with E-state index in [1.54, 1.807) is 12.1 Å². The summed E-state index contributed by atoms with van der Waals surface area (Å²) in [6, 6.07) is 4.67. The number of benzene rings is 1. The summed E-state index contributed by atoms with van der Waals surface area (Å²) in [7, 11) is 0. The monoisotopic (exact) mass is 287 g/mol. The van der Waals surface area contributed by atoms with Crippen molar-refractivity contribution in [3.63, 3.8) is 0 Å². The van der Waals surface area contributed by atoms with Crippen LogP contribution in [-0.4, -0.2) is 30.6 Å². The van der Waals surface area contributed by atoms with Crippen molar-refractivity contribution in [1.82, 2.24) is 10.3 Å². The first-order chi connectivity index (χ1) is 9.10. The number of hydrogen-bond donors (Lipinski definition) is 2. The number of hydrogen-bond acceptors (Lipinski definition) is 3. The van der Waals surface area contributed by atoms with Crippen molar-refractivity contribution in [2.75, 3.05) is 19.6 Å². The van der Waals surface area contributed by atoms with Gasteiger partial charge in [-0.2, -0.15) is 0 Å². The molecule has 0 radical (unpaired) electrons. The Morgan fingerprint density at radius 2 is 2.05 bits per heavy atom. The SMILES string of the molecule is CCN(CC)CCC(Cc1cc(Cl)ccc1F)NN. The first-order valence-electron chi connectivity index (χ1n) is 6.73. The third-order valence-electron chi connectivity index (χ3n) is 3.40. The van der Waals surface area contributed by atoms with E-state index in [0.29, 0.717) is 17.0 Å². The molecular formula is C14H23ClFN3. The summed E-state index contributed by atoms with van der Waals surface area (Å²) >= 11 is 5.89. The Hall–Kier alpha value is -0.680. The molecule has 0 bridgehead atoms. The van der Waals surface area contributed by atoms with Crippen molar-refractivity contribution in [1.29, 1.82) is 0 Å². The lowest BCUT2D eigenvalue weighted by Crippen LogP contribution is -2.40. The van der Waals surface area contributed by atoms with Crippen LogP contribution in [0.2, 0.25) is 5.02 Å². The number of halogens is 2. The second-order valence-electron chi connectivity index (χ2n) is 4.62. The van der Waals surface area contributed by atoms with Crippen LogP contribution in [0.3, 0.4) is 0 Å². The molecule has 0 amide bonds. The van der Waals surface area contributed by atoms with Gasteiger partial charge in [-0.25, -0.2) is 4.39 Å². The summed E-state index contributed by atoms with van der Waals surface area (Å²) in [5.41, 5.74) is 3.37. The minimum absolute atomic E-state index is 0.0496. The van der Waals surface area contributed by atoms with Crippen LogP contribution in [0.15, 0.2) is 18.2 Å². The normalized spacial score (nSPS) is 12.9. The summed E-state index contributed by atoms with van der Waals surface area (Å²) in [5.74, 6) is 5.32. The minimum atomic E-state index is -0.229. The fourth-order valence-corrected chi connectivity index (χ4v) is 2.28. The molecule has 0 aromatic heterocycles. The Morgan fingerprint density at radius 1 is 1.37 bits per heavy atom. The highest BCUT2D eigenvalue weighted by molar-refractivity contribution is 6.30. The summed E-state index contributed by atoms with van der Waals surface area (Å²) in [6.45, 7) is 7.23. The lowest BCUT2D eigenvalue weighted by molar-refractivity contribution is 0.280. The maximum Gasteiger partial charge on any atom is 0.126 e. The van der Waals surface area contributed by atoms with Gasteiger partial charge in [0.1, 0.15) is 5.82 Å². The third-order valence-corrected chi connectivity index (χ3v) is 3.63. The zero-order valence-corrected chi connectivity index (χ0v) is 12.4. The Bertz CT molecular complexity index is 383. The largest absolute Gasteiger partial charge is 0.304 e. The van der Waals surface area contributed by atoms with E-state index >= 15 is 0 Å². The Labute approximate surface area is 119 Å². The van der Waals surface area contributed by atoms with Crippen molar-refractivity contribution < 1.29 is 4.39 Å². The van der Waals surface area contributed by atoms with E-state index in [1.165, 1.54) is 6.07 Å².